The van der Waals surface area contributed by atoms with Crippen LogP contribution in [-0.2, 0) is 22.5 Å². The van der Waals surface area contributed by atoms with E-state index in [2.05, 4.69) is 5.32 Å². The third kappa shape index (κ3) is 3.87. The Morgan fingerprint density at radius 3 is 2.73 bits per heavy atom. The number of benzene rings is 2. The number of rotatable bonds is 5. The van der Waals surface area contributed by atoms with Gasteiger partial charge in [-0.15, -0.1) is 0 Å². The van der Waals surface area contributed by atoms with Crippen molar-refractivity contribution in [1.82, 2.24) is 5.32 Å². The summed E-state index contributed by atoms with van der Waals surface area (Å²) in [7, 11) is 1.39. The van der Waals surface area contributed by atoms with Gasteiger partial charge in [-0.3, -0.25) is 4.79 Å². The highest BCUT2D eigenvalue weighted by Crippen LogP contribution is 2.30. The number of fused-ring (bicyclic) bond motifs is 1. The van der Waals surface area contributed by atoms with E-state index in [9.17, 15) is 9.59 Å². The van der Waals surface area contributed by atoms with E-state index in [-0.39, 0.29) is 18.4 Å². The molecule has 0 unspecified atom stereocenters. The topological polar surface area (TPSA) is 58.6 Å². The summed E-state index contributed by atoms with van der Waals surface area (Å²) >= 11 is 0. The summed E-state index contributed by atoms with van der Waals surface area (Å²) in [5, 5.41) is 2.99. The zero-order valence-electron chi connectivity index (χ0n) is 15.2. The van der Waals surface area contributed by atoms with Gasteiger partial charge in [0.1, 0.15) is 0 Å². The predicted molar refractivity (Wildman–Crippen MR) is 101 cm³/mol. The van der Waals surface area contributed by atoms with E-state index in [4.69, 9.17) is 4.74 Å². The molecule has 5 nitrogen and oxygen atoms in total. The quantitative estimate of drug-likeness (QED) is 0.841. The van der Waals surface area contributed by atoms with Crippen LogP contribution in [0.25, 0.3) is 0 Å². The molecule has 2 aromatic carbocycles. The van der Waals surface area contributed by atoms with Crippen LogP contribution in [0.3, 0.4) is 0 Å². The molecule has 2 aromatic rings. The second-order valence-electron chi connectivity index (χ2n) is 6.52. The summed E-state index contributed by atoms with van der Waals surface area (Å²) in [5.41, 5.74) is 4.80. The molecule has 0 spiro atoms. The van der Waals surface area contributed by atoms with E-state index in [1.54, 1.807) is 6.07 Å². The molecule has 0 atom stereocenters. The third-order valence-electron chi connectivity index (χ3n) is 4.82. The van der Waals surface area contributed by atoms with E-state index in [0.29, 0.717) is 12.1 Å². The SMILES string of the molecule is COC(=O)c1cccc2c1CCCN2CC(=O)NCc1ccccc1C. The normalized spacial score (nSPS) is 13.1. The smallest absolute Gasteiger partial charge is 0.338 e. The fraction of sp³-hybridized carbons (Fsp3) is 0.333. The summed E-state index contributed by atoms with van der Waals surface area (Å²) in [5.74, 6) is -0.350. The van der Waals surface area contributed by atoms with Crippen LogP contribution in [-0.4, -0.2) is 32.1 Å². The van der Waals surface area contributed by atoms with Crippen molar-refractivity contribution >= 4 is 17.6 Å². The molecule has 1 amide bonds. The van der Waals surface area contributed by atoms with Crippen molar-refractivity contribution in [1.29, 1.82) is 0 Å². The van der Waals surface area contributed by atoms with Gasteiger partial charge < -0.3 is 15.0 Å². The van der Waals surface area contributed by atoms with E-state index in [1.807, 2.05) is 48.2 Å². The van der Waals surface area contributed by atoms with Gasteiger partial charge in [-0.2, -0.15) is 0 Å². The van der Waals surface area contributed by atoms with Crippen LogP contribution >= 0.6 is 0 Å². The van der Waals surface area contributed by atoms with Crippen molar-refractivity contribution in [3.05, 3.63) is 64.7 Å². The Labute approximate surface area is 154 Å². The van der Waals surface area contributed by atoms with Crippen molar-refractivity contribution < 1.29 is 14.3 Å². The maximum Gasteiger partial charge on any atom is 0.338 e. The molecule has 26 heavy (non-hydrogen) atoms. The van der Waals surface area contributed by atoms with Crippen LogP contribution < -0.4 is 10.2 Å². The summed E-state index contributed by atoms with van der Waals surface area (Å²) < 4.78 is 4.88. The maximum absolute atomic E-state index is 12.4. The molecular formula is C21H24N2O3. The molecule has 0 aromatic heterocycles. The van der Waals surface area contributed by atoms with Gasteiger partial charge in [0, 0.05) is 18.8 Å². The number of anilines is 1. The van der Waals surface area contributed by atoms with Crippen molar-refractivity contribution in [2.45, 2.75) is 26.3 Å². The van der Waals surface area contributed by atoms with E-state index >= 15 is 0 Å². The minimum Gasteiger partial charge on any atom is -0.465 e. The Morgan fingerprint density at radius 1 is 1.15 bits per heavy atom. The molecule has 0 saturated heterocycles. The van der Waals surface area contributed by atoms with Crippen LogP contribution in [0.4, 0.5) is 5.69 Å². The highest BCUT2D eigenvalue weighted by Gasteiger charge is 2.23. The van der Waals surface area contributed by atoms with Gasteiger partial charge in [-0.25, -0.2) is 4.79 Å². The lowest BCUT2D eigenvalue weighted by molar-refractivity contribution is -0.119. The first kappa shape index (κ1) is 18.0. The Kier molecular flexibility index (Phi) is 5.56. The summed E-state index contributed by atoms with van der Waals surface area (Å²) in [6.07, 6.45) is 1.73. The largest absolute Gasteiger partial charge is 0.465 e. The molecule has 3 rings (SSSR count). The van der Waals surface area contributed by atoms with Gasteiger partial charge in [0.25, 0.3) is 0 Å². The summed E-state index contributed by atoms with van der Waals surface area (Å²) in [4.78, 5) is 26.5. The molecule has 1 aliphatic heterocycles. The number of amides is 1. The number of hydrogen-bond donors (Lipinski definition) is 1. The zero-order valence-corrected chi connectivity index (χ0v) is 15.2. The number of nitrogens with one attached hydrogen (secondary N) is 1. The molecule has 0 saturated carbocycles. The number of ether oxygens (including phenoxy) is 1. The predicted octanol–water partition coefficient (Wildman–Crippen LogP) is 2.85. The monoisotopic (exact) mass is 352 g/mol. The molecule has 0 bridgehead atoms. The standard InChI is InChI=1S/C21H24N2O3/c1-15-7-3-4-8-16(15)13-22-20(24)14-23-12-6-10-17-18(21(25)26-2)9-5-11-19(17)23/h3-5,7-9,11H,6,10,12-14H2,1-2H3,(H,22,24). The number of carbonyl (C=O) groups is 2. The zero-order chi connectivity index (χ0) is 18.5. The fourth-order valence-electron chi connectivity index (χ4n) is 3.40. The summed E-state index contributed by atoms with van der Waals surface area (Å²) in [6.45, 7) is 3.64. The molecule has 1 aliphatic rings. The van der Waals surface area contributed by atoms with E-state index < -0.39 is 0 Å². The average molecular weight is 352 g/mol. The third-order valence-corrected chi connectivity index (χ3v) is 4.82. The molecule has 5 heteroatoms. The molecular weight excluding hydrogens is 328 g/mol. The van der Waals surface area contributed by atoms with Crippen LogP contribution in [0, 0.1) is 6.92 Å². The van der Waals surface area contributed by atoms with Gasteiger partial charge >= 0.3 is 5.97 Å². The maximum atomic E-state index is 12.4. The van der Waals surface area contributed by atoms with Crippen LogP contribution in [0.1, 0.15) is 33.5 Å². The highest BCUT2D eigenvalue weighted by atomic mass is 16.5. The second kappa shape index (κ2) is 8.04. The molecule has 1 N–H and O–H groups in total. The minimum atomic E-state index is -0.326. The van der Waals surface area contributed by atoms with Crippen molar-refractivity contribution in [2.75, 3.05) is 25.1 Å². The van der Waals surface area contributed by atoms with Crippen molar-refractivity contribution in [3.63, 3.8) is 0 Å². The van der Waals surface area contributed by atoms with Gasteiger partial charge in [-0.05, 0) is 48.6 Å². The van der Waals surface area contributed by atoms with Crippen LogP contribution in [0.5, 0.6) is 0 Å². The number of nitrogens with zero attached hydrogens (tertiary/aromatic N) is 1. The Bertz CT molecular complexity index is 817. The molecule has 0 aliphatic carbocycles. The van der Waals surface area contributed by atoms with Gasteiger partial charge in [-0.1, -0.05) is 30.3 Å². The van der Waals surface area contributed by atoms with E-state index in [1.165, 1.54) is 12.7 Å². The van der Waals surface area contributed by atoms with E-state index in [0.717, 1.165) is 36.2 Å². The minimum absolute atomic E-state index is 0.0235. The van der Waals surface area contributed by atoms with Gasteiger partial charge in [0.05, 0.1) is 19.2 Å². The molecule has 0 radical (unpaired) electrons. The first-order chi connectivity index (χ1) is 12.6. The van der Waals surface area contributed by atoms with Crippen LogP contribution in [0.15, 0.2) is 42.5 Å². The molecule has 1 heterocycles. The first-order valence-corrected chi connectivity index (χ1v) is 8.86. The van der Waals surface area contributed by atoms with Crippen molar-refractivity contribution in [3.8, 4) is 0 Å². The second-order valence-corrected chi connectivity index (χ2v) is 6.52. The lowest BCUT2D eigenvalue weighted by Gasteiger charge is -2.31. The van der Waals surface area contributed by atoms with Gasteiger partial charge in [0.15, 0.2) is 0 Å². The fourth-order valence-corrected chi connectivity index (χ4v) is 3.40. The van der Waals surface area contributed by atoms with Crippen LogP contribution in [0.2, 0.25) is 0 Å². The number of methoxy groups -OCH3 is 1. The Morgan fingerprint density at radius 2 is 1.96 bits per heavy atom. The number of hydrogen-bond acceptors (Lipinski definition) is 4. The Balaban J connectivity index is 1.69. The average Bonchev–Trinajstić information content (AvgIpc) is 2.66. The molecule has 136 valence electrons. The Hall–Kier alpha value is -2.82. The first-order valence-electron chi connectivity index (χ1n) is 8.86. The van der Waals surface area contributed by atoms with Gasteiger partial charge in [0.2, 0.25) is 5.91 Å². The number of esters is 1. The lowest BCUT2D eigenvalue weighted by atomic mass is 9.96. The summed E-state index contributed by atoms with van der Waals surface area (Å²) in [6, 6.07) is 13.6. The highest BCUT2D eigenvalue weighted by molar-refractivity contribution is 5.93. The molecule has 0 fully saturated rings. The number of aryl methyl sites for hydroxylation is 1. The number of carbonyl (C=O) groups excluding carboxylic acids is 2. The lowest BCUT2D eigenvalue weighted by Crippen LogP contribution is -2.40. The van der Waals surface area contributed by atoms with Crippen molar-refractivity contribution in [2.24, 2.45) is 0 Å².